The minimum absolute atomic E-state index is 0.115. The van der Waals surface area contributed by atoms with Gasteiger partial charge in [-0.25, -0.2) is 0 Å². The van der Waals surface area contributed by atoms with Crippen LogP contribution in [-0.2, 0) is 13.6 Å². The molecule has 2 aromatic carbocycles. The number of carbonyl (C=O) groups is 1. The molecule has 0 saturated heterocycles. The Kier molecular flexibility index (Phi) is 4.26. The number of amides is 1. The topological polar surface area (TPSA) is 43.3 Å². The van der Waals surface area contributed by atoms with E-state index >= 15 is 0 Å². The predicted molar refractivity (Wildman–Crippen MR) is 92.1 cm³/mol. The van der Waals surface area contributed by atoms with Gasteiger partial charge in [-0.15, -0.1) is 0 Å². The minimum atomic E-state index is -0.115. The van der Waals surface area contributed by atoms with Gasteiger partial charge in [0, 0.05) is 29.5 Å². The molecule has 0 atom stereocenters. The molecule has 3 rings (SSSR count). The van der Waals surface area contributed by atoms with Gasteiger partial charge in [0.1, 0.15) is 11.4 Å². The summed E-state index contributed by atoms with van der Waals surface area (Å²) in [7, 11) is 3.49. The van der Waals surface area contributed by atoms with Crippen molar-refractivity contribution in [3.8, 4) is 5.75 Å². The summed E-state index contributed by atoms with van der Waals surface area (Å²) in [5.41, 5.74) is 2.56. The largest absolute Gasteiger partial charge is 0.497 e. The molecule has 1 heterocycles. The highest BCUT2D eigenvalue weighted by molar-refractivity contribution is 6.31. The summed E-state index contributed by atoms with van der Waals surface area (Å²) in [6.07, 6.45) is 0. The average Bonchev–Trinajstić information content (AvgIpc) is 2.90. The number of nitrogens with one attached hydrogen (secondary N) is 1. The van der Waals surface area contributed by atoms with E-state index in [1.54, 1.807) is 7.11 Å². The molecule has 5 heteroatoms. The van der Waals surface area contributed by atoms with Gasteiger partial charge in [0.25, 0.3) is 5.91 Å². The van der Waals surface area contributed by atoms with Gasteiger partial charge in [-0.3, -0.25) is 4.79 Å². The first kappa shape index (κ1) is 15.4. The molecule has 0 saturated carbocycles. The van der Waals surface area contributed by atoms with Gasteiger partial charge in [0.15, 0.2) is 0 Å². The number of carbonyl (C=O) groups excluding carboxylic acids is 1. The average molecular weight is 329 g/mol. The standard InChI is InChI=1S/C18H17ClN2O2/c1-21-16-10-14(19)6-5-13(16)9-17(21)18(22)20-11-12-3-7-15(23-2)8-4-12/h3-10H,11H2,1-2H3,(H,20,22). The molecule has 23 heavy (non-hydrogen) atoms. The van der Waals surface area contributed by atoms with Crippen LogP contribution in [0.4, 0.5) is 0 Å². The highest BCUT2D eigenvalue weighted by atomic mass is 35.5. The molecule has 0 spiro atoms. The van der Waals surface area contributed by atoms with Crippen molar-refractivity contribution < 1.29 is 9.53 Å². The van der Waals surface area contributed by atoms with Gasteiger partial charge >= 0.3 is 0 Å². The van der Waals surface area contributed by atoms with Gasteiger partial charge in [0.2, 0.25) is 0 Å². The molecular formula is C18H17ClN2O2. The highest BCUT2D eigenvalue weighted by Crippen LogP contribution is 2.22. The molecule has 0 unspecified atom stereocenters. The first-order valence-electron chi connectivity index (χ1n) is 7.24. The number of fused-ring (bicyclic) bond motifs is 1. The highest BCUT2D eigenvalue weighted by Gasteiger charge is 2.13. The molecule has 1 aromatic heterocycles. The van der Waals surface area contributed by atoms with Gasteiger partial charge in [-0.05, 0) is 35.9 Å². The van der Waals surface area contributed by atoms with Crippen molar-refractivity contribution in [1.29, 1.82) is 0 Å². The van der Waals surface area contributed by atoms with Crippen molar-refractivity contribution in [2.75, 3.05) is 7.11 Å². The Balaban J connectivity index is 1.76. The number of methoxy groups -OCH3 is 1. The van der Waals surface area contributed by atoms with Crippen LogP contribution in [0.15, 0.2) is 48.5 Å². The number of benzene rings is 2. The third-order valence-electron chi connectivity index (χ3n) is 3.85. The predicted octanol–water partition coefficient (Wildman–Crippen LogP) is 3.77. The van der Waals surface area contributed by atoms with Gasteiger partial charge < -0.3 is 14.6 Å². The Hall–Kier alpha value is -2.46. The lowest BCUT2D eigenvalue weighted by atomic mass is 10.2. The van der Waals surface area contributed by atoms with Crippen LogP contribution in [0, 0.1) is 0 Å². The molecule has 1 N–H and O–H groups in total. The molecule has 4 nitrogen and oxygen atoms in total. The molecule has 0 aliphatic carbocycles. The second-order valence-corrected chi connectivity index (χ2v) is 5.76. The Labute approximate surface area is 139 Å². The van der Waals surface area contributed by atoms with E-state index < -0.39 is 0 Å². The minimum Gasteiger partial charge on any atom is -0.497 e. The van der Waals surface area contributed by atoms with E-state index in [-0.39, 0.29) is 5.91 Å². The van der Waals surface area contributed by atoms with E-state index in [0.29, 0.717) is 17.3 Å². The number of nitrogens with zero attached hydrogens (tertiary/aromatic N) is 1. The van der Waals surface area contributed by atoms with E-state index in [0.717, 1.165) is 22.2 Å². The van der Waals surface area contributed by atoms with Crippen LogP contribution in [-0.4, -0.2) is 17.6 Å². The van der Waals surface area contributed by atoms with E-state index in [1.807, 2.05) is 60.1 Å². The molecule has 0 radical (unpaired) electrons. The SMILES string of the molecule is COc1ccc(CNC(=O)c2cc3ccc(Cl)cc3n2C)cc1. The zero-order valence-electron chi connectivity index (χ0n) is 13.0. The van der Waals surface area contributed by atoms with Crippen molar-refractivity contribution in [2.45, 2.75) is 6.54 Å². The van der Waals surface area contributed by atoms with Crippen LogP contribution >= 0.6 is 11.6 Å². The Morgan fingerprint density at radius 3 is 2.61 bits per heavy atom. The summed E-state index contributed by atoms with van der Waals surface area (Å²) in [6, 6.07) is 15.1. The lowest BCUT2D eigenvalue weighted by Crippen LogP contribution is -2.24. The van der Waals surface area contributed by atoms with Gasteiger partial charge in [-0.1, -0.05) is 29.8 Å². The molecule has 3 aromatic rings. The van der Waals surface area contributed by atoms with E-state index in [9.17, 15) is 4.79 Å². The maximum Gasteiger partial charge on any atom is 0.268 e. The number of hydrogen-bond acceptors (Lipinski definition) is 2. The number of halogens is 1. The Morgan fingerprint density at radius 2 is 1.91 bits per heavy atom. The summed E-state index contributed by atoms with van der Waals surface area (Å²) in [4.78, 5) is 12.4. The van der Waals surface area contributed by atoms with Gasteiger partial charge in [-0.2, -0.15) is 0 Å². The first-order valence-corrected chi connectivity index (χ1v) is 7.62. The summed E-state index contributed by atoms with van der Waals surface area (Å²) >= 11 is 6.02. The number of hydrogen-bond donors (Lipinski definition) is 1. The van der Waals surface area contributed by atoms with Crippen molar-refractivity contribution in [3.63, 3.8) is 0 Å². The molecule has 0 aliphatic heterocycles. The number of aryl methyl sites for hydroxylation is 1. The molecular weight excluding hydrogens is 312 g/mol. The zero-order chi connectivity index (χ0) is 16.4. The van der Waals surface area contributed by atoms with Crippen molar-refractivity contribution >= 4 is 28.4 Å². The first-order chi connectivity index (χ1) is 11.1. The maximum atomic E-state index is 12.4. The molecule has 118 valence electrons. The lowest BCUT2D eigenvalue weighted by Gasteiger charge is -2.07. The second-order valence-electron chi connectivity index (χ2n) is 5.32. The summed E-state index contributed by atoms with van der Waals surface area (Å²) in [5.74, 6) is 0.682. The third kappa shape index (κ3) is 3.17. The van der Waals surface area contributed by atoms with Crippen molar-refractivity contribution in [3.05, 3.63) is 64.8 Å². The van der Waals surface area contributed by atoms with E-state index in [2.05, 4.69) is 5.32 Å². The van der Waals surface area contributed by atoms with Crippen molar-refractivity contribution in [2.24, 2.45) is 7.05 Å². The quantitative estimate of drug-likeness (QED) is 0.792. The third-order valence-corrected chi connectivity index (χ3v) is 4.09. The molecule has 0 aliphatic rings. The molecule has 1 amide bonds. The fourth-order valence-electron chi connectivity index (χ4n) is 2.54. The van der Waals surface area contributed by atoms with Crippen LogP contribution in [0.3, 0.4) is 0 Å². The summed E-state index contributed by atoms with van der Waals surface area (Å²) in [5, 5.41) is 4.58. The Bertz CT molecular complexity index is 853. The Morgan fingerprint density at radius 1 is 1.17 bits per heavy atom. The van der Waals surface area contributed by atoms with Crippen LogP contribution in [0.2, 0.25) is 5.02 Å². The second kappa shape index (κ2) is 6.34. The van der Waals surface area contributed by atoms with E-state index in [1.165, 1.54) is 0 Å². The van der Waals surface area contributed by atoms with Crippen LogP contribution in [0.25, 0.3) is 10.9 Å². The van der Waals surface area contributed by atoms with E-state index in [4.69, 9.17) is 16.3 Å². The van der Waals surface area contributed by atoms with Crippen LogP contribution in [0.1, 0.15) is 16.1 Å². The number of rotatable bonds is 4. The van der Waals surface area contributed by atoms with Crippen LogP contribution < -0.4 is 10.1 Å². The fraction of sp³-hybridized carbons (Fsp3) is 0.167. The maximum absolute atomic E-state index is 12.4. The number of ether oxygens (including phenoxy) is 1. The molecule has 0 fully saturated rings. The normalized spacial score (nSPS) is 10.7. The lowest BCUT2D eigenvalue weighted by molar-refractivity contribution is 0.0943. The zero-order valence-corrected chi connectivity index (χ0v) is 13.7. The smallest absolute Gasteiger partial charge is 0.268 e. The van der Waals surface area contributed by atoms with Crippen molar-refractivity contribution in [1.82, 2.24) is 9.88 Å². The number of aromatic nitrogens is 1. The molecule has 0 bridgehead atoms. The summed E-state index contributed by atoms with van der Waals surface area (Å²) < 4.78 is 6.97. The summed E-state index contributed by atoms with van der Waals surface area (Å²) in [6.45, 7) is 0.463. The monoisotopic (exact) mass is 328 g/mol. The van der Waals surface area contributed by atoms with Gasteiger partial charge in [0.05, 0.1) is 7.11 Å². The fourth-order valence-corrected chi connectivity index (χ4v) is 2.70. The van der Waals surface area contributed by atoms with Crippen LogP contribution in [0.5, 0.6) is 5.75 Å².